The second-order valence-corrected chi connectivity index (χ2v) is 5.90. The minimum absolute atomic E-state index is 0.0619. The Morgan fingerprint density at radius 1 is 1.14 bits per heavy atom. The summed E-state index contributed by atoms with van der Waals surface area (Å²) >= 11 is 0. The summed E-state index contributed by atoms with van der Waals surface area (Å²) in [5.41, 5.74) is -0.673. The van der Waals surface area contributed by atoms with E-state index in [0.29, 0.717) is 0 Å². The summed E-state index contributed by atoms with van der Waals surface area (Å²) in [5.74, 6) is -2.31. The van der Waals surface area contributed by atoms with Gasteiger partial charge >= 0.3 is 5.69 Å². The van der Waals surface area contributed by atoms with E-state index in [1.54, 1.807) is 0 Å². The third-order valence-corrected chi connectivity index (χ3v) is 4.85. The molecule has 2 aliphatic carbocycles. The second-order valence-electron chi connectivity index (χ2n) is 5.90. The second kappa shape index (κ2) is 4.22. The van der Waals surface area contributed by atoms with Crippen LogP contribution in [0.25, 0.3) is 0 Å². The molecule has 1 heterocycles. The number of hydrogen-bond acceptors (Lipinski definition) is 4. The lowest BCUT2D eigenvalue weighted by Crippen LogP contribution is -2.32. The van der Waals surface area contributed by atoms with Crippen LogP contribution in [0.5, 0.6) is 0 Å². The predicted octanol–water partition coefficient (Wildman–Crippen LogP) is 2.05. The van der Waals surface area contributed by atoms with Crippen LogP contribution in [-0.4, -0.2) is 16.7 Å². The molecule has 1 aliphatic heterocycles. The lowest BCUT2D eigenvalue weighted by molar-refractivity contribution is -0.387. The molecule has 0 radical (unpaired) electrons. The van der Waals surface area contributed by atoms with Crippen LogP contribution >= 0.6 is 0 Å². The number of carbonyl (C=O) groups is 2. The zero-order valence-corrected chi connectivity index (χ0v) is 11.3. The average Bonchev–Trinajstić information content (AvgIpc) is 3.14. The third-order valence-electron chi connectivity index (χ3n) is 4.85. The first-order chi connectivity index (χ1) is 10.5. The molecule has 6 nitrogen and oxygen atoms in total. The molecule has 1 aromatic carbocycles. The van der Waals surface area contributed by atoms with E-state index < -0.39 is 16.4 Å². The van der Waals surface area contributed by atoms with Gasteiger partial charge < -0.3 is 0 Å². The number of amides is 2. The Bertz CT molecular complexity index is 730. The van der Waals surface area contributed by atoms with Crippen molar-refractivity contribution in [3.8, 4) is 0 Å². The van der Waals surface area contributed by atoms with Crippen molar-refractivity contribution in [2.24, 2.45) is 23.7 Å². The zero-order valence-electron chi connectivity index (χ0n) is 11.3. The van der Waals surface area contributed by atoms with Crippen LogP contribution in [0, 0.1) is 39.6 Å². The first-order valence-corrected chi connectivity index (χ1v) is 6.99. The molecule has 0 N–H and O–H groups in total. The maximum atomic E-state index is 13.4. The summed E-state index contributed by atoms with van der Waals surface area (Å²) in [6.07, 6.45) is 4.74. The van der Waals surface area contributed by atoms with Crippen molar-refractivity contribution in [2.45, 2.75) is 6.42 Å². The fraction of sp³-hybridized carbons (Fsp3) is 0.333. The summed E-state index contributed by atoms with van der Waals surface area (Å²) in [5, 5.41) is 10.8. The molecule has 2 amide bonds. The molecule has 4 rings (SSSR count). The van der Waals surface area contributed by atoms with E-state index in [0.717, 1.165) is 23.5 Å². The molecule has 1 aromatic rings. The highest BCUT2D eigenvalue weighted by molar-refractivity contribution is 6.22. The molecule has 112 valence electrons. The van der Waals surface area contributed by atoms with E-state index >= 15 is 0 Å². The highest BCUT2D eigenvalue weighted by atomic mass is 19.1. The summed E-state index contributed by atoms with van der Waals surface area (Å²) in [7, 11) is 0. The number of nitrogens with zero attached hydrogens (tertiary/aromatic N) is 2. The van der Waals surface area contributed by atoms with E-state index in [-0.39, 0.29) is 41.2 Å². The molecule has 7 heteroatoms. The van der Waals surface area contributed by atoms with E-state index in [4.69, 9.17) is 0 Å². The van der Waals surface area contributed by atoms with Gasteiger partial charge in [-0.3, -0.25) is 19.7 Å². The molecule has 2 fully saturated rings. The van der Waals surface area contributed by atoms with Crippen molar-refractivity contribution in [1.82, 2.24) is 0 Å². The van der Waals surface area contributed by atoms with E-state index in [9.17, 15) is 24.1 Å². The number of carbonyl (C=O) groups excluding carboxylic acids is 2. The van der Waals surface area contributed by atoms with Crippen LogP contribution in [0.3, 0.4) is 0 Å². The number of hydrogen-bond donors (Lipinski definition) is 0. The highest BCUT2D eigenvalue weighted by Gasteiger charge is 2.59. The SMILES string of the molecule is O=C1[C@@H]2[C@H](C(=O)N1c1ccc(F)c([N+](=O)[O-])c1)[C@@H]1C=C[C@@H]2C1. The maximum Gasteiger partial charge on any atom is 0.306 e. The number of allylic oxidation sites excluding steroid dienone is 2. The van der Waals surface area contributed by atoms with Crippen molar-refractivity contribution >= 4 is 23.2 Å². The standard InChI is InChI=1S/C15H11FN2O4/c16-10-4-3-9(6-11(10)18(21)22)17-14(19)12-7-1-2-8(5-7)13(12)15(17)20/h1-4,6-8,12-13H,5H2/t7-,8-,12-,13+/m1/s1. The Balaban J connectivity index is 1.76. The summed E-state index contributed by atoms with van der Waals surface area (Å²) in [6, 6.07) is 3.09. The minimum atomic E-state index is -0.991. The number of fused-ring (bicyclic) bond motifs is 5. The fourth-order valence-corrected chi connectivity index (χ4v) is 3.94. The first-order valence-electron chi connectivity index (χ1n) is 6.99. The highest BCUT2D eigenvalue weighted by Crippen LogP contribution is 2.53. The van der Waals surface area contributed by atoms with E-state index in [1.807, 2.05) is 12.2 Å². The lowest BCUT2D eigenvalue weighted by Gasteiger charge is -2.17. The Morgan fingerprint density at radius 3 is 2.27 bits per heavy atom. The number of nitro benzene ring substituents is 1. The molecule has 4 atom stereocenters. The topological polar surface area (TPSA) is 80.5 Å². The molecule has 0 aromatic heterocycles. The van der Waals surface area contributed by atoms with Crippen LogP contribution < -0.4 is 4.90 Å². The van der Waals surface area contributed by atoms with Gasteiger partial charge in [-0.1, -0.05) is 12.2 Å². The van der Waals surface area contributed by atoms with Crippen LogP contribution in [0.4, 0.5) is 15.8 Å². The van der Waals surface area contributed by atoms with Gasteiger partial charge in [0.2, 0.25) is 17.6 Å². The molecule has 2 bridgehead atoms. The van der Waals surface area contributed by atoms with Gasteiger partial charge in [-0.25, -0.2) is 4.90 Å². The van der Waals surface area contributed by atoms with Gasteiger partial charge in [-0.05, 0) is 30.4 Å². The largest absolute Gasteiger partial charge is 0.306 e. The van der Waals surface area contributed by atoms with Crippen molar-refractivity contribution in [3.63, 3.8) is 0 Å². The Morgan fingerprint density at radius 2 is 1.73 bits per heavy atom. The van der Waals surface area contributed by atoms with Crippen molar-refractivity contribution in [3.05, 3.63) is 46.3 Å². The fourth-order valence-electron chi connectivity index (χ4n) is 3.94. The molecule has 1 saturated heterocycles. The monoisotopic (exact) mass is 302 g/mol. The van der Waals surface area contributed by atoms with Crippen LogP contribution in [-0.2, 0) is 9.59 Å². The average molecular weight is 302 g/mol. The number of benzene rings is 1. The number of rotatable bonds is 2. The van der Waals surface area contributed by atoms with Gasteiger partial charge in [0.05, 0.1) is 22.4 Å². The normalized spacial score (nSPS) is 32.0. The quantitative estimate of drug-likeness (QED) is 0.362. The molecular formula is C15H11FN2O4. The smallest absolute Gasteiger partial charge is 0.274 e. The number of nitro groups is 1. The minimum Gasteiger partial charge on any atom is -0.274 e. The van der Waals surface area contributed by atoms with Crippen molar-refractivity contribution in [2.75, 3.05) is 4.90 Å². The van der Waals surface area contributed by atoms with Gasteiger partial charge in [-0.2, -0.15) is 4.39 Å². The van der Waals surface area contributed by atoms with Crippen molar-refractivity contribution < 1.29 is 18.9 Å². The lowest BCUT2D eigenvalue weighted by atomic mass is 9.85. The Labute approximate surface area is 124 Å². The maximum absolute atomic E-state index is 13.4. The number of anilines is 1. The van der Waals surface area contributed by atoms with Gasteiger partial charge in [0.25, 0.3) is 0 Å². The van der Waals surface area contributed by atoms with Crippen LogP contribution in [0.1, 0.15) is 6.42 Å². The number of halogens is 1. The van der Waals surface area contributed by atoms with Crippen LogP contribution in [0.2, 0.25) is 0 Å². The number of imide groups is 1. The Hall–Kier alpha value is -2.57. The van der Waals surface area contributed by atoms with Gasteiger partial charge in [-0.15, -0.1) is 0 Å². The third kappa shape index (κ3) is 1.53. The summed E-state index contributed by atoms with van der Waals surface area (Å²) in [4.78, 5) is 36.1. The summed E-state index contributed by atoms with van der Waals surface area (Å²) < 4.78 is 13.4. The first kappa shape index (κ1) is 13.1. The zero-order chi connectivity index (χ0) is 15.6. The molecule has 1 saturated carbocycles. The van der Waals surface area contributed by atoms with E-state index in [2.05, 4.69) is 0 Å². The van der Waals surface area contributed by atoms with Crippen molar-refractivity contribution in [1.29, 1.82) is 0 Å². The summed E-state index contributed by atoms with van der Waals surface area (Å²) in [6.45, 7) is 0. The van der Waals surface area contributed by atoms with Gasteiger partial charge in [0.1, 0.15) is 0 Å². The van der Waals surface area contributed by atoms with E-state index in [1.165, 1.54) is 6.07 Å². The molecule has 0 spiro atoms. The molecule has 22 heavy (non-hydrogen) atoms. The van der Waals surface area contributed by atoms with Gasteiger partial charge in [0.15, 0.2) is 0 Å². The Kier molecular flexibility index (Phi) is 2.52. The van der Waals surface area contributed by atoms with Gasteiger partial charge in [0, 0.05) is 6.07 Å². The molecule has 3 aliphatic rings. The van der Waals surface area contributed by atoms with Crippen LogP contribution in [0.15, 0.2) is 30.4 Å². The molecule has 0 unspecified atom stereocenters. The molecular weight excluding hydrogens is 291 g/mol. The predicted molar refractivity (Wildman–Crippen MR) is 73.3 cm³/mol.